The maximum absolute atomic E-state index is 12.6. The van der Waals surface area contributed by atoms with Gasteiger partial charge in [-0.1, -0.05) is 42.5 Å². The Kier molecular flexibility index (Phi) is 6.17. The number of carbonyl (C=O) groups excluding carboxylic acids is 2. The maximum Gasteiger partial charge on any atom is 0.311 e. The molecule has 0 spiro atoms. The van der Waals surface area contributed by atoms with E-state index in [1.165, 1.54) is 7.11 Å². The fourth-order valence-electron chi connectivity index (χ4n) is 3.21. The highest BCUT2D eigenvalue weighted by Gasteiger charge is 2.30. The molecule has 3 aromatic rings. The summed E-state index contributed by atoms with van der Waals surface area (Å²) in [6.07, 6.45) is 5.71. The van der Waals surface area contributed by atoms with E-state index in [-0.39, 0.29) is 18.0 Å². The predicted molar refractivity (Wildman–Crippen MR) is 117 cm³/mol. The molecule has 0 N–H and O–H groups in total. The molecule has 1 aliphatic heterocycles. The Morgan fingerprint density at radius 3 is 2.72 bits per heavy atom. The number of aromatic nitrogens is 1. The molecule has 0 aliphatic carbocycles. The lowest BCUT2D eigenvalue weighted by Gasteiger charge is -2.09. The van der Waals surface area contributed by atoms with E-state index in [0.717, 1.165) is 5.56 Å². The zero-order valence-electron chi connectivity index (χ0n) is 17.7. The van der Waals surface area contributed by atoms with E-state index in [1.54, 1.807) is 37.3 Å². The van der Waals surface area contributed by atoms with Crippen molar-refractivity contribution in [2.24, 2.45) is 0 Å². The van der Waals surface area contributed by atoms with Gasteiger partial charge in [0.15, 0.2) is 5.76 Å². The molecule has 1 aromatic heterocycles. The molecule has 162 valence electrons. The van der Waals surface area contributed by atoms with Gasteiger partial charge >= 0.3 is 5.97 Å². The second kappa shape index (κ2) is 9.34. The van der Waals surface area contributed by atoms with Crippen LogP contribution in [0.2, 0.25) is 0 Å². The van der Waals surface area contributed by atoms with Crippen LogP contribution in [0.5, 0.6) is 17.4 Å². The highest BCUT2D eigenvalue weighted by atomic mass is 16.5. The largest absolute Gasteiger partial charge is 0.479 e. The van der Waals surface area contributed by atoms with Crippen molar-refractivity contribution in [2.45, 2.75) is 19.8 Å². The van der Waals surface area contributed by atoms with Crippen LogP contribution >= 0.6 is 0 Å². The van der Waals surface area contributed by atoms with Gasteiger partial charge in [-0.15, -0.1) is 0 Å². The van der Waals surface area contributed by atoms with Crippen LogP contribution in [0.4, 0.5) is 0 Å². The van der Waals surface area contributed by atoms with Crippen molar-refractivity contribution < 1.29 is 28.3 Å². The third kappa shape index (κ3) is 4.62. The quantitative estimate of drug-likeness (QED) is 0.304. The maximum atomic E-state index is 12.6. The number of esters is 1. The van der Waals surface area contributed by atoms with Gasteiger partial charge in [-0.3, -0.25) is 9.59 Å². The first-order valence-electron chi connectivity index (χ1n) is 10.0. The molecule has 0 fully saturated rings. The summed E-state index contributed by atoms with van der Waals surface area (Å²) in [6, 6.07) is 14.6. The summed E-state index contributed by atoms with van der Waals surface area (Å²) in [5.74, 6) is 1.20. The minimum absolute atomic E-state index is 0.101. The Hall–Kier alpha value is -4.13. The van der Waals surface area contributed by atoms with Gasteiger partial charge in [-0.25, -0.2) is 0 Å². The number of allylic oxidation sites excluding steroid dienone is 3. The molecular formula is C25H21NO6. The van der Waals surface area contributed by atoms with Crippen molar-refractivity contribution in [3.63, 3.8) is 0 Å². The van der Waals surface area contributed by atoms with Crippen LogP contribution in [0.15, 0.2) is 71.0 Å². The van der Waals surface area contributed by atoms with Crippen LogP contribution in [-0.2, 0) is 11.2 Å². The van der Waals surface area contributed by atoms with Crippen molar-refractivity contribution in [1.82, 2.24) is 5.16 Å². The van der Waals surface area contributed by atoms with Crippen molar-refractivity contribution >= 4 is 17.8 Å². The molecule has 0 saturated carbocycles. The van der Waals surface area contributed by atoms with Crippen LogP contribution < -0.4 is 14.2 Å². The Labute approximate surface area is 184 Å². The fraction of sp³-hybridized carbons (Fsp3) is 0.160. The number of carbonyl (C=O) groups is 2. The van der Waals surface area contributed by atoms with Gasteiger partial charge in [-0.2, -0.15) is 0 Å². The molecule has 7 heteroatoms. The Bertz CT molecular complexity index is 1210. The molecule has 2 heterocycles. The number of aryl methyl sites for hydroxylation is 1. The number of ether oxygens (including phenoxy) is 3. The van der Waals surface area contributed by atoms with Gasteiger partial charge in [0.05, 0.1) is 19.1 Å². The minimum Gasteiger partial charge on any atom is -0.479 e. The van der Waals surface area contributed by atoms with Crippen LogP contribution in [0.25, 0.3) is 6.08 Å². The molecule has 0 bridgehead atoms. The standard InChI is InChI=1S/C25H21NO6/c1-16-20(30-23(27)14-11-18-15-22(29-2)26-32-18)13-12-19-24(28)21(31-25(16)19)10-6-9-17-7-4-3-5-8-17/h3-10,12-13,15H,11,14H2,1-2H3/b9-6+,21-10-. The van der Waals surface area contributed by atoms with Crippen LogP contribution in [0.1, 0.15) is 33.7 Å². The third-order valence-corrected chi connectivity index (χ3v) is 4.92. The zero-order chi connectivity index (χ0) is 22.5. The first-order valence-corrected chi connectivity index (χ1v) is 10.0. The van der Waals surface area contributed by atoms with Crippen LogP contribution in [0.3, 0.4) is 0 Å². The molecule has 4 rings (SSSR count). The Morgan fingerprint density at radius 1 is 1.16 bits per heavy atom. The normalized spacial score (nSPS) is 13.9. The van der Waals surface area contributed by atoms with E-state index >= 15 is 0 Å². The van der Waals surface area contributed by atoms with E-state index in [2.05, 4.69) is 5.16 Å². The number of fused-ring (bicyclic) bond motifs is 1. The predicted octanol–water partition coefficient (Wildman–Crippen LogP) is 4.70. The topological polar surface area (TPSA) is 87.9 Å². The first-order chi connectivity index (χ1) is 15.5. The number of hydrogen-bond acceptors (Lipinski definition) is 7. The summed E-state index contributed by atoms with van der Waals surface area (Å²) in [5, 5.41) is 3.69. The minimum atomic E-state index is -0.436. The second-order valence-electron chi connectivity index (χ2n) is 7.11. The summed E-state index contributed by atoms with van der Waals surface area (Å²) < 4.78 is 21.3. The van der Waals surface area contributed by atoms with E-state index in [4.69, 9.17) is 18.7 Å². The average Bonchev–Trinajstić information content (AvgIpc) is 3.40. The van der Waals surface area contributed by atoms with E-state index in [1.807, 2.05) is 36.4 Å². The number of Topliss-reactive ketones (excluding diaryl/α,β-unsaturated/α-hetero) is 1. The van der Waals surface area contributed by atoms with Gasteiger partial charge in [0.1, 0.15) is 17.3 Å². The Morgan fingerprint density at radius 2 is 1.97 bits per heavy atom. The van der Waals surface area contributed by atoms with E-state index in [9.17, 15) is 9.59 Å². The number of methoxy groups -OCH3 is 1. The molecule has 0 saturated heterocycles. The summed E-state index contributed by atoms with van der Waals surface area (Å²) in [7, 11) is 1.49. The molecule has 0 radical (unpaired) electrons. The highest BCUT2D eigenvalue weighted by molar-refractivity contribution is 6.13. The van der Waals surface area contributed by atoms with Crippen molar-refractivity contribution in [3.8, 4) is 17.4 Å². The molecule has 0 amide bonds. The lowest BCUT2D eigenvalue weighted by Crippen LogP contribution is -2.10. The van der Waals surface area contributed by atoms with Crippen molar-refractivity contribution in [3.05, 3.63) is 88.9 Å². The third-order valence-electron chi connectivity index (χ3n) is 4.92. The average molecular weight is 431 g/mol. The summed E-state index contributed by atoms with van der Waals surface area (Å²) in [6.45, 7) is 1.75. The lowest BCUT2D eigenvalue weighted by atomic mass is 10.1. The molecule has 1 aliphatic rings. The Balaban J connectivity index is 1.42. The summed E-state index contributed by atoms with van der Waals surface area (Å²) in [5.41, 5.74) is 2.04. The van der Waals surface area contributed by atoms with Gasteiger partial charge in [-0.05, 0) is 35.9 Å². The van der Waals surface area contributed by atoms with Gasteiger partial charge in [0.25, 0.3) is 5.88 Å². The first kappa shape index (κ1) is 21.1. The molecule has 0 atom stereocenters. The van der Waals surface area contributed by atoms with Gasteiger partial charge in [0.2, 0.25) is 5.78 Å². The number of hydrogen-bond donors (Lipinski definition) is 0. The molecule has 32 heavy (non-hydrogen) atoms. The monoisotopic (exact) mass is 431 g/mol. The zero-order valence-corrected chi connectivity index (χ0v) is 17.7. The van der Waals surface area contributed by atoms with Crippen molar-refractivity contribution in [1.29, 1.82) is 0 Å². The SMILES string of the molecule is COc1cc(CCC(=O)Oc2ccc3c(c2C)O/C(=C\C=C\c2ccccc2)C3=O)on1. The number of nitrogens with zero attached hydrogens (tertiary/aromatic N) is 1. The molecule has 2 aromatic carbocycles. The number of rotatable bonds is 7. The van der Waals surface area contributed by atoms with Gasteiger partial charge < -0.3 is 18.7 Å². The van der Waals surface area contributed by atoms with Gasteiger partial charge in [0, 0.05) is 18.1 Å². The van der Waals surface area contributed by atoms with Crippen LogP contribution in [0, 0.1) is 6.92 Å². The smallest absolute Gasteiger partial charge is 0.311 e. The van der Waals surface area contributed by atoms with E-state index < -0.39 is 5.97 Å². The highest BCUT2D eigenvalue weighted by Crippen LogP contribution is 2.39. The molecule has 7 nitrogen and oxygen atoms in total. The summed E-state index contributed by atoms with van der Waals surface area (Å²) >= 11 is 0. The van der Waals surface area contributed by atoms with Crippen LogP contribution in [-0.4, -0.2) is 24.0 Å². The number of ketones is 1. The number of benzene rings is 2. The summed E-state index contributed by atoms with van der Waals surface area (Å²) in [4.78, 5) is 24.9. The van der Waals surface area contributed by atoms with Crippen molar-refractivity contribution in [2.75, 3.05) is 7.11 Å². The second-order valence-corrected chi connectivity index (χ2v) is 7.11. The lowest BCUT2D eigenvalue weighted by molar-refractivity contribution is -0.134. The molecule has 0 unspecified atom stereocenters. The molecular weight excluding hydrogens is 410 g/mol. The fourth-order valence-corrected chi connectivity index (χ4v) is 3.21. The van der Waals surface area contributed by atoms with E-state index in [0.29, 0.717) is 40.7 Å².